The molecular formula is C4H9ClN2O2. The molecule has 5 heteroatoms. The van der Waals surface area contributed by atoms with Crippen LogP contribution in [-0.2, 0) is 9.63 Å². The van der Waals surface area contributed by atoms with Gasteiger partial charge in [-0.3, -0.25) is 9.63 Å². The van der Waals surface area contributed by atoms with Crippen LogP contribution in [0.15, 0.2) is 0 Å². The number of halogens is 1. The fourth-order valence-electron chi connectivity index (χ4n) is 0.200. The highest BCUT2D eigenvalue weighted by molar-refractivity contribution is 6.20. The normalized spacial score (nSPS) is 16.3. The molecule has 2 atom stereocenters. The van der Waals surface area contributed by atoms with Crippen LogP contribution in [0, 0.1) is 0 Å². The molecule has 0 bridgehead atoms. The highest BCUT2D eigenvalue weighted by Crippen LogP contribution is 1.97. The first-order valence-corrected chi connectivity index (χ1v) is 2.86. The van der Waals surface area contributed by atoms with Crippen molar-refractivity contribution in [2.24, 2.45) is 5.73 Å². The van der Waals surface area contributed by atoms with Crippen molar-refractivity contribution < 1.29 is 9.63 Å². The standard InChI is InChI=1S/C4H9ClN2O2/c1-3(5)4(6)9-7-2-8/h2-4H,6H2,1H3,(H,7,8)/t3-,4?/m1/s1. The molecule has 0 fully saturated rings. The van der Waals surface area contributed by atoms with Gasteiger partial charge in [0.05, 0.1) is 5.38 Å². The molecule has 0 spiro atoms. The average Bonchev–Trinajstić information content (AvgIpc) is 1.82. The maximum Gasteiger partial charge on any atom is 0.230 e. The number of alkyl halides is 1. The SMILES string of the molecule is C[C@@H](Cl)C(N)ONC=O. The topological polar surface area (TPSA) is 64.3 Å². The van der Waals surface area contributed by atoms with E-state index < -0.39 is 6.23 Å². The molecule has 9 heavy (non-hydrogen) atoms. The van der Waals surface area contributed by atoms with E-state index in [2.05, 4.69) is 4.84 Å². The van der Waals surface area contributed by atoms with Crippen molar-refractivity contribution in [3.05, 3.63) is 0 Å². The zero-order valence-corrected chi connectivity index (χ0v) is 5.76. The van der Waals surface area contributed by atoms with Crippen LogP contribution in [-0.4, -0.2) is 18.0 Å². The number of hydrogen-bond acceptors (Lipinski definition) is 3. The molecule has 54 valence electrons. The summed E-state index contributed by atoms with van der Waals surface area (Å²) in [5, 5.41) is -0.322. The number of hydroxylamine groups is 1. The molecule has 0 aliphatic carbocycles. The van der Waals surface area contributed by atoms with Crippen molar-refractivity contribution >= 4 is 18.0 Å². The summed E-state index contributed by atoms with van der Waals surface area (Å²) in [6.45, 7) is 1.67. The number of nitrogens with two attached hydrogens (primary N) is 1. The molecule has 4 nitrogen and oxygen atoms in total. The first-order chi connectivity index (χ1) is 4.18. The van der Waals surface area contributed by atoms with Crippen LogP contribution >= 0.6 is 11.6 Å². The van der Waals surface area contributed by atoms with E-state index in [1.165, 1.54) is 0 Å². The fourth-order valence-corrected chi connectivity index (χ4v) is 0.252. The van der Waals surface area contributed by atoms with Gasteiger partial charge in [0.1, 0.15) is 6.23 Å². The molecule has 3 N–H and O–H groups in total. The summed E-state index contributed by atoms with van der Waals surface area (Å²) in [6.07, 6.45) is -0.268. The number of nitrogens with one attached hydrogen (secondary N) is 1. The zero-order chi connectivity index (χ0) is 7.28. The Labute approximate surface area is 58.3 Å². The van der Waals surface area contributed by atoms with E-state index in [0.717, 1.165) is 0 Å². The van der Waals surface area contributed by atoms with Gasteiger partial charge >= 0.3 is 0 Å². The molecule has 0 aliphatic heterocycles. The molecule has 1 amide bonds. The predicted molar refractivity (Wildman–Crippen MR) is 33.6 cm³/mol. The maximum absolute atomic E-state index is 9.60. The molecule has 0 rings (SSSR count). The quantitative estimate of drug-likeness (QED) is 0.249. The van der Waals surface area contributed by atoms with Crippen molar-refractivity contribution in [3.8, 4) is 0 Å². The molecule has 0 saturated carbocycles. The average molecular weight is 153 g/mol. The number of rotatable bonds is 4. The van der Waals surface area contributed by atoms with E-state index in [9.17, 15) is 4.79 Å². The molecule has 1 unspecified atom stereocenters. The van der Waals surface area contributed by atoms with Gasteiger partial charge in [0.25, 0.3) is 0 Å². The van der Waals surface area contributed by atoms with Crippen molar-refractivity contribution in [1.82, 2.24) is 5.48 Å². The Bertz CT molecular complexity index is 88.6. The largest absolute Gasteiger partial charge is 0.303 e. The summed E-state index contributed by atoms with van der Waals surface area (Å²) in [5.41, 5.74) is 7.17. The summed E-state index contributed by atoms with van der Waals surface area (Å²) < 4.78 is 0. The van der Waals surface area contributed by atoms with Crippen LogP contribution in [0.2, 0.25) is 0 Å². The summed E-state index contributed by atoms with van der Waals surface area (Å²) in [4.78, 5) is 14.1. The second-order valence-electron chi connectivity index (χ2n) is 1.50. The third-order valence-corrected chi connectivity index (χ3v) is 0.953. The number of carbonyl (C=O) groups excluding carboxylic acids is 1. The molecular weight excluding hydrogens is 144 g/mol. The minimum atomic E-state index is -0.656. The van der Waals surface area contributed by atoms with E-state index in [-0.39, 0.29) is 5.38 Å². The van der Waals surface area contributed by atoms with E-state index in [4.69, 9.17) is 17.3 Å². The fraction of sp³-hybridized carbons (Fsp3) is 0.750. The lowest BCUT2D eigenvalue weighted by molar-refractivity contribution is -0.125. The van der Waals surface area contributed by atoms with Crippen LogP contribution in [0.25, 0.3) is 0 Å². The zero-order valence-electron chi connectivity index (χ0n) is 5.00. The van der Waals surface area contributed by atoms with Crippen molar-refractivity contribution in [2.75, 3.05) is 0 Å². The molecule has 0 aliphatic rings. The molecule has 0 heterocycles. The van der Waals surface area contributed by atoms with E-state index in [1.807, 2.05) is 5.48 Å². The van der Waals surface area contributed by atoms with E-state index in [1.54, 1.807) is 6.92 Å². The molecule has 0 saturated heterocycles. The van der Waals surface area contributed by atoms with Gasteiger partial charge in [0, 0.05) is 0 Å². The minimum Gasteiger partial charge on any atom is -0.303 e. The summed E-state index contributed by atoms with van der Waals surface area (Å²) in [6, 6.07) is 0. The van der Waals surface area contributed by atoms with Crippen LogP contribution in [0.5, 0.6) is 0 Å². The van der Waals surface area contributed by atoms with Gasteiger partial charge in [0.15, 0.2) is 0 Å². The second kappa shape index (κ2) is 4.55. The maximum atomic E-state index is 9.60. The molecule has 0 aromatic heterocycles. The number of amides is 1. The molecule has 0 radical (unpaired) electrons. The van der Waals surface area contributed by atoms with Crippen molar-refractivity contribution in [1.29, 1.82) is 0 Å². The van der Waals surface area contributed by atoms with Crippen LogP contribution in [0.1, 0.15) is 6.92 Å². The lowest BCUT2D eigenvalue weighted by atomic mass is 10.4. The Morgan fingerprint density at radius 1 is 1.89 bits per heavy atom. The van der Waals surface area contributed by atoms with Gasteiger partial charge in [-0.15, -0.1) is 11.6 Å². The van der Waals surface area contributed by atoms with Gasteiger partial charge < -0.3 is 5.73 Å². The smallest absolute Gasteiger partial charge is 0.230 e. The first kappa shape index (κ1) is 8.68. The lowest BCUT2D eigenvalue weighted by Crippen LogP contribution is -2.36. The highest BCUT2D eigenvalue weighted by atomic mass is 35.5. The summed E-state index contributed by atoms with van der Waals surface area (Å²) in [5.74, 6) is 0. The predicted octanol–water partition coefficient (Wildman–Crippen LogP) is -0.424. The number of carbonyl (C=O) groups is 1. The van der Waals surface area contributed by atoms with Crippen LogP contribution in [0.4, 0.5) is 0 Å². The van der Waals surface area contributed by atoms with E-state index >= 15 is 0 Å². The third kappa shape index (κ3) is 4.20. The Morgan fingerprint density at radius 2 is 2.44 bits per heavy atom. The highest BCUT2D eigenvalue weighted by Gasteiger charge is 2.08. The van der Waals surface area contributed by atoms with Crippen molar-refractivity contribution in [2.45, 2.75) is 18.5 Å². The summed E-state index contributed by atoms with van der Waals surface area (Å²) >= 11 is 5.46. The molecule has 0 aromatic rings. The van der Waals surface area contributed by atoms with Gasteiger partial charge in [-0.1, -0.05) is 0 Å². The van der Waals surface area contributed by atoms with Crippen LogP contribution in [0.3, 0.4) is 0 Å². The van der Waals surface area contributed by atoms with Crippen LogP contribution < -0.4 is 11.2 Å². The van der Waals surface area contributed by atoms with Gasteiger partial charge in [-0.2, -0.15) is 0 Å². The Balaban J connectivity index is 3.26. The van der Waals surface area contributed by atoms with Gasteiger partial charge in [-0.05, 0) is 6.92 Å². The molecule has 0 aromatic carbocycles. The first-order valence-electron chi connectivity index (χ1n) is 2.43. The minimum absolute atomic E-state index is 0.322. The Morgan fingerprint density at radius 3 is 2.78 bits per heavy atom. The Hall–Kier alpha value is -0.320. The number of hydrogen-bond donors (Lipinski definition) is 2. The Kier molecular flexibility index (Phi) is 4.39. The van der Waals surface area contributed by atoms with Gasteiger partial charge in [-0.25, -0.2) is 5.48 Å². The monoisotopic (exact) mass is 152 g/mol. The van der Waals surface area contributed by atoms with Gasteiger partial charge in [0.2, 0.25) is 6.41 Å². The summed E-state index contributed by atoms with van der Waals surface area (Å²) in [7, 11) is 0. The van der Waals surface area contributed by atoms with Crippen molar-refractivity contribution in [3.63, 3.8) is 0 Å². The van der Waals surface area contributed by atoms with E-state index in [0.29, 0.717) is 6.41 Å². The third-order valence-electron chi connectivity index (χ3n) is 0.705. The second-order valence-corrected chi connectivity index (χ2v) is 2.18. The lowest BCUT2D eigenvalue weighted by Gasteiger charge is -2.11.